The normalized spacial score (nSPS) is 11.9. The summed E-state index contributed by atoms with van der Waals surface area (Å²) < 4.78 is 24.5. The van der Waals surface area contributed by atoms with Crippen LogP contribution in [0.4, 0.5) is 11.5 Å². The third-order valence-corrected chi connectivity index (χ3v) is 4.77. The number of anilines is 2. The highest BCUT2D eigenvalue weighted by Crippen LogP contribution is 2.17. The van der Waals surface area contributed by atoms with E-state index in [1.165, 1.54) is 18.4 Å². The van der Waals surface area contributed by atoms with Gasteiger partial charge in [0.2, 0.25) is 10.0 Å². The van der Waals surface area contributed by atoms with Crippen LogP contribution in [0.1, 0.15) is 0 Å². The van der Waals surface area contributed by atoms with E-state index < -0.39 is 10.0 Å². The summed E-state index contributed by atoms with van der Waals surface area (Å²) in [6.07, 6.45) is 0. The molecule has 0 unspecified atom stereocenters. The third kappa shape index (κ3) is 3.37. The molecule has 0 bridgehead atoms. The number of nitrogens with zero attached hydrogens (tertiary/aromatic N) is 2. The van der Waals surface area contributed by atoms with Crippen molar-refractivity contribution in [3.63, 3.8) is 0 Å². The van der Waals surface area contributed by atoms with E-state index in [-0.39, 0.29) is 5.75 Å². The molecule has 0 aliphatic carbocycles. The number of hydrogen-bond acceptors (Lipinski definition) is 5. The second-order valence-corrected chi connectivity index (χ2v) is 6.98. The molecule has 2 rings (SSSR count). The van der Waals surface area contributed by atoms with Crippen LogP contribution in [0.2, 0.25) is 0 Å². The van der Waals surface area contributed by atoms with Crippen molar-refractivity contribution in [1.82, 2.24) is 9.29 Å². The minimum atomic E-state index is -3.19. The number of nitrogens with one attached hydrogen (secondary N) is 1. The molecule has 1 aromatic carbocycles. The first-order chi connectivity index (χ1) is 9.38. The van der Waals surface area contributed by atoms with Gasteiger partial charge in [0, 0.05) is 31.7 Å². The maximum Gasteiger partial charge on any atom is 0.215 e. The van der Waals surface area contributed by atoms with Crippen LogP contribution in [-0.2, 0) is 10.0 Å². The van der Waals surface area contributed by atoms with E-state index in [1.54, 1.807) is 6.07 Å². The number of fused-ring (bicyclic) bond motifs is 1. The predicted octanol–water partition coefficient (Wildman–Crippen LogP) is 1.12. The summed E-state index contributed by atoms with van der Waals surface area (Å²) in [4.78, 5) is 4.41. The zero-order valence-corrected chi connectivity index (χ0v) is 12.3. The molecule has 0 saturated carbocycles. The van der Waals surface area contributed by atoms with Gasteiger partial charge in [0.1, 0.15) is 5.82 Å². The lowest BCUT2D eigenvalue weighted by Gasteiger charge is -2.12. The SMILES string of the molecule is CN(C)S(=O)(=O)CCNc1ccc2cc(N)ccc2n1. The molecule has 0 aliphatic rings. The van der Waals surface area contributed by atoms with Crippen LogP contribution in [0, 0.1) is 0 Å². The highest BCUT2D eigenvalue weighted by molar-refractivity contribution is 7.89. The van der Waals surface area contributed by atoms with Crippen molar-refractivity contribution in [1.29, 1.82) is 0 Å². The fourth-order valence-electron chi connectivity index (χ4n) is 1.73. The number of sulfonamides is 1. The Morgan fingerprint density at radius 2 is 2.00 bits per heavy atom. The van der Waals surface area contributed by atoms with Gasteiger partial charge in [-0.2, -0.15) is 0 Å². The smallest absolute Gasteiger partial charge is 0.215 e. The molecule has 1 heterocycles. The highest BCUT2D eigenvalue weighted by Gasteiger charge is 2.12. The number of nitrogen functional groups attached to an aromatic ring is 1. The number of benzene rings is 1. The van der Waals surface area contributed by atoms with E-state index in [0.29, 0.717) is 18.1 Å². The summed E-state index contributed by atoms with van der Waals surface area (Å²) >= 11 is 0. The van der Waals surface area contributed by atoms with Crippen LogP contribution in [0.3, 0.4) is 0 Å². The summed E-state index contributed by atoms with van der Waals surface area (Å²) in [5.74, 6) is 0.679. The van der Waals surface area contributed by atoms with Crippen molar-refractivity contribution in [2.45, 2.75) is 0 Å². The summed E-state index contributed by atoms with van der Waals surface area (Å²) in [7, 11) is -0.146. The van der Waals surface area contributed by atoms with Gasteiger partial charge in [0.15, 0.2) is 0 Å². The van der Waals surface area contributed by atoms with Crippen LogP contribution < -0.4 is 11.1 Å². The number of rotatable bonds is 5. The van der Waals surface area contributed by atoms with E-state index in [4.69, 9.17) is 5.73 Å². The van der Waals surface area contributed by atoms with Gasteiger partial charge >= 0.3 is 0 Å². The van der Waals surface area contributed by atoms with Crippen LogP contribution in [0.25, 0.3) is 10.9 Å². The van der Waals surface area contributed by atoms with Crippen LogP contribution in [0.15, 0.2) is 30.3 Å². The predicted molar refractivity (Wildman–Crippen MR) is 82.1 cm³/mol. The second-order valence-electron chi connectivity index (χ2n) is 4.67. The summed E-state index contributed by atoms with van der Waals surface area (Å²) in [6.45, 7) is 0.313. The van der Waals surface area contributed by atoms with Crippen molar-refractivity contribution < 1.29 is 8.42 Å². The molecular weight excluding hydrogens is 276 g/mol. The molecule has 0 saturated heterocycles. The Kier molecular flexibility index (Phi) is 4.10. The molecule has 0 fully saturated rings. The Balaban J connectivity index is 2.06. The summed E-state index contributed by atoms with van der Waals surface area (Å²) in [5, 5.41) is 3.97. The molecule has 0 spiro atoms. The lowest BCUT2D eigenvalue weighted by molar-refractivity contribution is 0.521. The Morgan fingerprint density at radius 1 is 1.25 bits per heavy atom. The molecule has 6 nitrogen and oxygen atoms in total. The standard InChI is InChI=1S/C13H18N4O2S/c1-17(2)20(18,19)8-7-15-13-6-3-10-9-11(14)4-5-12(10)16-13/h3-6,9H,7-8,14H2,1-2H3,(H,15,16). The lowest BCUT2D eigenvalue weighted by Crippen LogP contribution is -2.28. The molecule has 2 aromatic rings. The zero-order valence-electron chi connectivity index (χ0n) is 11.5. The first kappa shape index (κ1) is 14.5. The first-order valence-electron chi connectivity index (χ1n) is 6.19. The van der Waals surface area contributed by atoms with Gasteiger partial charge in [-0.05, 0) is 30.3 Å². The van der Waals surface area contributed by atoms with Gasteiger partial charge in [0.05, 0.1) is 11.3 Å². The Labute approximate surface area is 118 Å². The minimum absolute atomic E-state index is 0.0292. The molecule has 7 heteroatoms. The Morgan fingerprint density at radius 3 is 2.70 bits per heavy atom. The topological polar surface area (TPSA) is 88.3 Å². The van der Waals surface area contributed by atoms with Crippen molar-refractivity contribution in [2.24, 2.45) is 0 Å². The average molecular weight is 294 g/mol. The Hall–Kier alpha value is -1.86. The van der Waals surface area contributed by atoms with Crippen molar-refractivity contribution in [2.75, 3.05) is 37.4 Å². The fraction of sp³-hybridized carbons (Fsp3) is 0.308. The van der Waals surface area contributed by atoms with Crippen molar-refractivity contribution >= 4 is 32.4 Å². The summed E-state index contributed by atoms with van der Waals surface area (Å²) in [5.41, 5.74) is 7.21. The molecule has 1 aromatic heterocycles. The molecule has 0 radical (unpaired) electrons. The number of aromatic nitrogens is 1. The van der Waals surface area contributed by atoms with Crippen LogP contribution in [0.5, 0.6) is 0 Å². The van der Waals surface area contributed by atoms with Crippen molar-refractivity contribution in [3.05, 3.63) is 30.3 Å². The first-order valence-corrected chi connectivity index (χ1v) is 7.80. The minimum Gasteiger partial charge on any atom is -0.399 e. The number of hydrogen-bond donors (Lipinski definition) is 2. The molecule has 108 valence electrons. The zero-order chi connectivity index (χ0) is 14.8. The lowest BCUT2D eigenvalue weighted by atomic mass is 10.2. The number of nitrogens with two attached hydrogens (primary N) is 1. The molecule has 0 amide bonds. The molecule has 3 N–H and O–H groups in total. The average Bonchev–Trinajstić information content (AvgIpc) is 2.38. The van der Waals surface area contributed by atoms with Crippen molar-refractivity contribution in [3.8, 4) is 0 Å². The fourth-order valence-corrected chi connectivity index (χ4v) is 2.46. The van der Waals surface area contributed by atoms with Gasteiger partial charge in [-0.25, -0.2) is 17.7 Å². The van der Waals surface area contributed by atoms with E-state index >= 15 is 0 Å². The van der Waals surface area contributed by atoms with Crippen LogP contribution in [-0.4, -0.2) is 44.1 Å². The van der Waals surface area contributed by atoms with E-state index in [2.05, 4.69) is 10.3 Å². The van der Waals surface area contributed by atoms with Gasteiger partial charge in [-0.15, -0.1) is 0 Å². The van der Waals surface area contributed by atoms with Gasteiger partial charge in [-0.3, -0.25) is 0 Å². The molecule has 0 atom stereocenters. The Bertz CT molecular complexity index is 713. The van der Waals surface area contributed by atoms with Crippen LogP contribution >= 0.6 is 0 Å². The highest BCUT2D eigenvalue weighted by atomic mass is 32.2. The molecule has 0 aliphatic heterocycles. The summed E-state index contributed by atoms with van der Waals surface area (Å²) in [6, 6.07) is 9.19. The maximum absolute atomic E-state index is 11.6. The second kappa shape index (κ2) is 5.64. The van der Waals surface area contributed by atoms with E-state index in [9.17, 15) is 8.42 Å². The van der Waals surface area contributed by atoms with Gasteiger partial charge in [-0.1, -0.05) is 0 Å². The number of pyridine rings is 1. The monoisotopic (exact) mass is 294 g/mol. The van der Waals surface area contributed by atoms with Gasteiger partial charge < -0.3 is 11.1 Å². The maximum atomic E-state index is 11.6. The largest absolute Gasteiger partial charge is 0.399 e. The molecule has 20 heavy (non-hydrogen) atoms. The van der Waals surface area contributed by atoms with E-state index in [1.807, 2.05) is 24.3 Å². The quantitative estimate of drug-likeness (QED) is 0.807. The molecular formula is C13H18N4O2S. The van der Waals surface area contributed by atoms with E-state index in [0.717, 1.165) is 10.9 Å². The van der Waals surface area contributed by atoms with Gasteiger partial charge in [0.25, 0.3) is 0 Å². The third-order valence-electron chi connectivity index (χ3n) is 2.94.